The molecule has 0 amide bonds. The third-order valence-corrected chi connectivity index (χ3v) is 7.41. The second-order valence-electron chi connectivity index (χ2n) is 7.62. The molecule has 3 rings (SSSR count). The third-order valence-electron chi connectivity index (χ3n) is 5.42. The lowest BCUT2D eigenvalue weighted by Gasteiger charge is -2.20. The zero-order valence-electron chi connectivity index (χ0n) is 19.7. The van der Waals surface area contributed by atoms with Gasteiger partial charge in [0.15, 0.2) is 0 Å². The third kappa shape index (κ3) is 9.62. The highest BCUT2D eigenvalue weighted by atomic mass is 31.2. The lowest BCUT2D eigenvalue weighted by atomic mass is 9.89. The highest BCUT2D eigenvalue weighted by molar-refractivity contribution is 7.73. The molecule has 0 heterocycles. The normalized spacial score (nSPS) is 12.3. The minimum Gasteiger partial charge on any atom is -0.478 e. The molecule has 4 N–H and O–H groups in total. The van der Waals surface area contributed by atoms with Gasteiger partial charge in [0.2, 0.25) is 0 Å². The van der Waals surface area contributed by atoms with Crippen molar-refractivity contribution in [1.82, 2.24) is 0 Å². The SMILES string of the molecule is CCC(CO)C(CC)CO.O=C(O)c1ccccc1.O=P(O)(c1ccccc1)c1ccccc1. The van der Waals surface area contributed by atoms with Crippen LogP contribution in [-0.2, 0) is 4.57 Å². The van der Waals surface area contributed by atoms with Crippen molar-refractivity contribution in [3.63, 3.8) is 0 Å². The summed E-state index contributed by atoms with van der Waals surface area (Å²) in [5.41, 5.74) is 0.331. The molecule has 0 aromatic heterocycles. The molecule has 0 bridgehead atoms. The molecule has 34 heavy (non-hydrogen) atoms. The van der Waals surface area contributed by atoms with Crippen LogP contribution in [0.1, 0.15) is 37.0 Å². The first-order chi connectivity index (χ1) is 16.3. The first-order valence-electron chi connectivity index (χ1n) is 11.3. The van der Waals surface area contributed by atoms with Gasteiger partial charge in [0.25, 0.3) is 7.37 Å². The van der Waals surface area contributed by atoms with E-state index in [4.69, 9.17) is 15.3 Å². The quantitative estimate of drug-likeness (QED) is 0.353. The van der Waals surface area contributed by atoms with Gasteiger partial charge in [-0.2, -0.15) is 0 Å². The van der Waals surface area contributed by atoms with E-state index in [1.807, 2.05) is 26.0 Å². The fraction of sp³-hybridized carbons (Fsp3) is 0.296. The van der Waals surface area contributed by atoms with Crippen LogP contribution in [0, 0.1) is 11.8 Å². The second-order valence-corrected chi connectivity index (χ2v) is 9.80. The predicted octanol–water partition coefficient (Wildman–Crippen LogP) is 4.32. The maximum absolute atomic E-state index is 12.2. The Morgan fingerprint density at radius 3 is 1.26 bits per heavy atom. The molecule has 0 saturated heterocycles. The van der Waals surface area contributed by atoms with Gasteiger partial charge in [-0.1, -0.05) is 81.3 Å². The summed E-state index contributed by atoms with van der Waals surface area (Å²) in [4.78, 5) is 20.2. The number of hydrogen-bond donors (Lipinski definition) is 4. The smallest absolute Gasteiger partial charge is 0.335 e. The van der Waals surface area contributed by atoms with Gasteiger partial charge in [-0.05, 0) is 48.2 Å². The number of carboxylic acids is 1. The van der Waals surface area contributed by atoms with Crippen molar-refractivity contribution in [2.24, 2.45) is 11.8 Å². The molecule has 184 valence electrons. The highest BCUT2D eigenvalue weighted by Crippen LogP contribution is 2.37. The van der Waals surface area contributed by atoms with Crippen LogP contribution in [-0.4, -0.2) is 39.4 Å². The number of benzene rings is 3. The Morgan fingerprint density at radius 1 is 0.706 bits per heavy atom. The molecular weight excluding hydrogens is 451 g/mol. The number of aliphatic hydroxyl groups excluding tert-OH is 2. The van der Waals surface area contributed by atoms with Crippen molar-refractivity contribution in [3.05, 3.63) is 96.6 Å². The van der Waals surface area contributed by atoms with Gasteiger partial charge in [0.05, 0.1) is 5.56 Å². The number of aliphatic hydroxyl groups is 2. The summed E-state index contributed by atoms with van der Waals surface area (Å²) in [6.07, 6.45) is 1.91. The number of rotatable bonds is 8. The number of hydrogen-bond acceptors (Lipinski definition) is 4. The van der Waals surface area contributed by atoms with Gasteiger partial charge < -0.3 is 20.2 Å². The summed E-state index contributed by atoms with van der Waals surface area (Å²) in [6.45, 7) is 4.49. The minimum absolute atomic E-state index is 0.204. The Balaban J connectivity index is 0.000000268. The summed E-state index contributed by atoms with van der Waals surface area (Å²) in [5, 5.41) is 27.0. The van der Waals surface area contributed by atoms with E-state index in [1.165, 1.54) is 0 Å². The van der Waals surface area contributed by atoms with Crippen LogP contribution in [0.5, 0.6) is 0 Å². The number of aromatic carboxylic acids is 1. The first kappa shape index (κ1) is 29.3. The summed E-state index contributed by atoms with van der Waals surface area (Å²) in [6, 6.07) is 25.7. The lowest BCUT2D eigenvalue weighted by molar-refractivity contribution is 0.0697. The molecule has 2 atom stereocenters. The van der Waals surface area contributed by atoms with Crippen LogP contribution in [0.25, 0.3) is 0 Å². The van der Waals surface area contributed by atoms with E-state index in [-0.39, 0.29) is 25.0 Å². The fourth-order valence-electron chi connectivity index (χ4n) is 3.21. The maximum Gasteiger partial charge on any atom is 0.335 e. The van der Waals surface area contributed by atoms with Crippen molar-refractivity contribution in [2.75, 3.05) is 13.2 Å². The molecule has 3 aromatic carbocycles. The van der Waals surface area contributed by atoms with E-state index < -0.39 is 13.3 Å². The van der Waals surface area contributed by atoms with Gasteiger partial charge in [-0.25, -0.2) is 4.79 Å². The molecular formula is C27H35O6P. The molecule has 0 aliphatic heterocycles. The Bertz CT molecular complexity index is 918. The Kier molecular flexibility index (Phi) is 13.7. The van der Waals surface area contributed by atoms with Crippen molar-refractivity contribution in [3.8, 4) is 0 Å². The standard InChI is InChI=1S/C12H11O2P.C8H18O2.C7H6O2/c13-15(14,11-7-3-1-4-8-11)12-9-5-2-6-10-12;1-3-7(5-9)8(4-2)6-10;8-7(9)6-4-2-1-3-5-6/h1-10H,(H,13,14);7-10H,3-6H2,1-2H3;1-5H,(H,8,9). The van der Waals surface area contributed by atoms with E-state index in [0.717, 1.165) is 12.8 Å². The number of carboxylic acid groups (broad SMARTS) is 1. The van der Waals surface area contributed by atoms with Gasteiger partial charge >= 0.3 is 5.97 Å². The van der Waals surface area contributed by atoms with Crippen molar-refractivity contribution in [2.45, 2.75) is 26.7 Å². The van der Waals surface area contributed by atoms with Crippen LogP contribution < -0.4 is 10.6 Å². The molecule has 0 saturated carbocycles. The molecule has 0 aliphatic carbocycles. The van der Waals surface area contributed by atoms with E-state index in [2.05, 4.69) is 0 Å². The first-order valence-corrected chi connectivity index (χ1v) is 12.9. The fourth-order valence-corrected chi connectivity index (χ4v) is 4.66. The monoisotopic (exact) mass is 486 g/mol. The molecule has 0 spiro atoms. The van der Waals surface area contributed by atoms with E-state index in [0.29, 0.717) is 16.2 Å². The van der Waals surface area contributed by atoms with E-state index >= 15 is 0 Å². The molecule has 0 aliphatic rings. The number of carbonyl (C=O) groups is 1. The Morgan fingerprint density at radius 2 is 1.03 bits per heavy atom. The van der Waals surface area contributed by atoms with Gasteiger partial charge in [-0.15, -0.1) is 0 Å². The predicted molar refractivity (Wildman–Crippen MR) is 137 cm³/mol. The van der Waals surface area contributed by atoms with E-state index in [1.54, 1.807) is 78.9 Å². The average Bonchev–Trinajstić information content (AvgIpc) is 2.89. The summed E-state index contributed by atoms with van der Waals surface area (Å²) in [5.74, 6) is -0.305. The molecule has 7 heteroatoms. The Hall–Kier alpha value is -2.76. The largest absolute Gasteiger partial charge is 0.478 e. The topological polar surface area (TPSA) is 115 Å². The zero-order chi connectivity index (χ0) is 25.4. The zero-order valence-corrected chi connectivity index (χ0v) is 20.6. The summed E-state index contributed by atoms with van der Waals surface area (Å²) in [7, 11) is -3.40. The van der Waals surface area contributed by atoms with Crippen LogP contribution in [0.15, 0.2) is 91.0 Å². The maximum atomic E-state index is 12.2. The van der Waals surface area contributed by atoms with Gasteiger partial charge in [-0.3, -0.25) is 4.57 Å². The minimum atomic E-state index is -3.40. The van der Waals surface area contributed by atoms with Gasteiger partial charge in [0.1, 0.15) is 0 Å². The van der Waals surface area contributed by atoms with Crippen LogP contribution in [0.3, 0.4) is 0 Å². The second kappa shape index (κ2) is 16.0. The molecule has 0 radical (unpaired) electrons. The van der Waals surface area contributed by atoms with Crippen molar-refractivity contribution >= 4 is 23.9 Å². The summed E-state index contributed by atoms with van der Waals surface area (Å²) < 4.78 is 12.2. The molecule has 0 fully saturated rings. The lowest BCUT2D eigenvalue weighted by Crippen LogP contribution is -2.20. The van der Waals surface area contributed by atoms with Crippen LogP contribution >= 0.6 is 7.37 Å². The van der Waals surface area contributed by atoms with Crippen molar-refractivity contribution in [1.29, 1.82) is 0 Å². The van der Waals surface area contributed by atoms with Crippen molar-refractivity contribution < 1.29 is 29.6 Å². The van der Waals surface area contributed by atoms with Crippen LogP contribution in [0.4, 0.5) is 0 Å². The van der Waals surface area contributed by atoms with Crippen LogP contribution in [0.2, 0.25) is 0 Å². The van der Waals surface area contributed by atoms with E-state index in [9.17, 15) is 14.3 Å². The summed E-state index contributed by atoms with van der Waals surface area (Å²) >= 11 is 0. The highest BCUT2D eigenvalue weighted by Gasteiger charge is 2.22. The van der Waals surface area contributed by atoms with Gasteiger partial charge in [0, 0.05) is 23.8 Å². The Labute approximate surface area is 202 Å². The molecule has 6 nitrogen and oxygen atoms in total. The molecule has 3 aromatic rings. The average molecular weight is 487 g/mol. The molecule has 2 unspecified atom stereocenters.